The van der Waals surface area contributed by atoms with Crippen molar-refractivity contribution in [1.82, 2.24) is 10.2 Å². The van der Waals surface area contributed by atoms with Crippen molar-refractivity contribution in [3.8, 4) is 5.75 Å². The minimum Gasteiger partial charge on any atom is -0.508 e. The summed E-state index contributed by atoms with van der Waals surface area (Å²) in [5.74, 6) is 0.545. The van der Waals surface area contributed by atoms with Gasteiger partial charge in [-0.05, 0) is 31.9 Å². The molecular formula is C15H22N2O2. The fourth-order valence-corrected chi connectivity index (χ4v) is 2.61. The normalized spacial score (nSPS) is 21.5. The number of nitrogens with one attached hydrogen (secondary N) is 1. The SMILES string of the molecule is Cc1ccc(C(C)NC2CCC(=O)N(C)C2)c(O)c1. The molecule has 0 aromatic heterocycles. The van der Waals surface area contributed by atoms with Crippen LogP contribution in [0, 0.1) is 6.92 Å². The number of likely N-dealkylation sites (N-methyl/N-ethyl adjacent to an activating group) is 1. The van der Waals surface area contributed by atoms with Crippen LogP contribution in [0.1, 0.15) is 36.9 Å². The van der Waals surface area contributed by atoms with Crippen LogP contribution in [0.15, 0.2) is 18.2 Å². The number of piperidine rings is 1. The molecule has 19 heavy (non-hydrogen) atoms. The van der Waals surface area contributed by atoms with Gasteiger partial charge >= 0.3 is 0 Å². The lowest BCUT2D eigenvalue weighted by Gasteiger charge is -2.32. The van der Waals surface area contributed by atoms with Crippen molar-refractivity contribution in [3.63, 3.8) is 0 Å². The Balaban J connectivity index is 2.01. The van der Waals surface area contributed by atoms with Crippen molar-refractivity contribution in [3.05, 3.63) is 29.3 Å². The van der Waals surface area contributed by atoms with Gasteiger partial charge in [-0.3, -0.25) is 4.79 Å². The van der Waals surface area contributed by atoms with Crippen LogP contribution in [0.3, 0.4) is 0 Å². The van der Waals surface area contributed by atoms with E-state index in [9.17, 15) is 9.90 Å². The zero-order valence-corrected chi connectivity index (χ0v) is 11.8. The summed E-state index contributed by atoms with van der Waals surface area (Å²) in [5, 5.41) is 13.5. The lowest BCUT2D eigenvalue weighted by molar-refractivity contribution is -0.132. The summed E-state index contributed by atoms with van der Waals surface area (Å²) in [7, 11) is 1.84. The first-order valence-electron chi connectivity index (χ1n) is 6.77. The third-order valence-corrected chi connectivity index (χ3v) is 3.76. The van der Waals surface area contributed by atoms with Gasteiger partial charge in [0.15, 0.2) is 0 Å². The first-order valence-corrected chi connectivity index (χ1v) is 6.77. The summed E-state index contributed by atoms with van der Waals surface area (Å²) in [6.45, 7) is 4.74. The van der Waals surface area contributed by atoms with Gasteiger partial charge in [0, 0.05) is 37.7 Å². The summed E-state index contributed by atoms with van der Waals surface area (Å²) in [6, 6.07) is 6.11. The van der Waals surface area contributed by atoms with E-state index in [1.807, 2.05) is 33.0 Å². The molecule has 1 saturated heterocycles. The summed E-state index contributed by atoms with van der Waals surface area (Å²) < 4.78 is 0. The fraction of sp³-hybridized carbons (Fsp3) is 0.533. The molecule has 0 radical (unpaired) electrons. The van der Waals surface area contributed by atoms with Crippen molar-refractivity contribution in [2.75, 3.05) is 13.6 Å². The average molecular weight is 262 g/mol. The number of hydrogen-bond donors (Lipinski definition) is 2. The third-order valence-electron chi connectivity index (χ3n) is 3.76. The molecule has 0 saturated carbocycles. The predicted molar refractivity (Wildman–Crippen MR) is 75.1 cm³/mol. The zero-order valence-electron chi connectivity index (χ0n) is 11.8. The number of phenols is 1. The van der Waals surface area contributed by atoms with E-state index >= 15 is 0 Å². The molecule has 1 heterocycles. The number of aryl methyl sites for hydroxylation is 1. The van der Waals surface area contributed by atoms with Gasteiger partial charge in [-0.1, -0.05) is 12.1 Å². The Labute approximate surface area is 114 Å². The second-order valence-corrected chi connectivity index (χ2v) is 5.46. The van der Waals surface area contributed by atoms with E-state index in [0.717, 1.165) is 24.1 Å². The Morgan fingerprint density at radius 3 is 2.84 bits per heavy atom. The van der Waals surface area contributed by atoms with Gasteiger partial charge in [0.1, 0.15) is 5.75 Å². The third kappa shape index (κ3) is 3.26. The molecule has 1 fully saturated rings. The molecule has 104 valence electrons. The van der Waals surface area contributed by atoms with Gasteiger partial charge in [0.25, 0.3) is 0 Å². The lowest BCUT2D eigenvalue weighted by Crippen LogP contribution is -2.47. The number of likely N-dealkylation sites (tertiary alicyclic amines) is 1. The number of aromatic hydroxyl groups is 1. The van der Waals surface area contributed by atoms with Crippen LogP contribution in [0.2, 0.25) is 0 Å². The first-order chi connectivity index (χ1) is 8.97. The van der Waals surface area contributed by atoms with Gasteiger partial charge in [-0.2, -0.15) is 0 Å². The highest BCUT2D eigenvalue weighted by Gasteiger charge is 2.24. The van der Waals surface area contributed by atoms with Crippen LogP contribution < -0.4 is 5.32 Å². The number of phenolic OH excluding ortho intramolecular Hbond substituents is 1. The molecule has 2 rings (SSSR count). The molecule has 0 aliphatic carbocycles. The van der Waals surface area contributed by atoms with Gasteiger partial charge in [-0.15, -0.1) is 0 Å². The summed E-state index contributed by atoms with van der Waals surface area (Å²) in [6.07, 6.45) is 1.46. The van der Waals surface area contributed by atoms with Crippen molar-refractivity contribution in [1.29, 1.82) is 0 Å². The van der Waals surface area contributed by atoms with Crippen molar-refractivity contribution in [2.24, 2.45) is 0 Å². The topological polar surface area (TPSA) is 52.6 Å². The van der Waals surface area contributed by atoms with E-state index in [1.165, 1.54) is 0 Å². The maximum absolute atomic E-state index is 11.4. The lowest BCUT2D eigenvalue weighted by atomic mass is 10.0. The molecule has 4 nitrogen and oxygen atoms in total. The molecule has 0 bridgehead atoms. The van der Waals surface area contributed by atoms with Gasteiger partial charge in [0.05, 0.1) is 0 Å². The summed E-state index contributed by atoms with van der Waals surface area (Å²) in [4.78, 5) is 13.2. The first kappa shape index (κ1) is 13.9. The monoisotopic (exact) mass is 262 g/mol. The van der Waals surface area contributed by atoms with Crippen LogP contribution >= 0.6 is 0 Å². The van der Waals surface area contributed by atoms with Crippen LogP contribution in [0.25, 0.3) is 0 Å². The Hall–Kier alpha value is -1.55. The van der Waals surface area contributed by atoms with E-state index < -0.39 is 0 Å². The number of benzene rings is 1. The van der Waals surface area contributed by atoms with Crippen molar-refractivity contribution < 1.29 is 9.90 Å². The fourth-order valence-electron chi connectivity index (χ4n) is 2.61. The maximum atomic E-state index is 11.4. The van der Waals surface area contributed by atoms with Crippen LogP contribution in [0.4, 0.5) is 0 Å². The second-order valence-electron chi connectivity index (χ2n) is 5.46. The van der Waals surface area contributed by atoms with Crippen LogP contribution in [-0.2, 0) is 4.79 Å². The largest absolute Gasteiger partial charge is 0.508 e. The molecule has 0 spiro atoms. The molecule has 2 atom stereocenters. The van der Waals surface area contributed by atoms with E-state index in [2.05, 4.69) is 5.32 Å². The van der Waals surface area contributed by atoms with Gasteiger partial charge < -0.3 is 15.3 Å². The molecule has 1 aromatic carbocycles. The molecule has 1 amide bonds. The molecule has 1 aliphatic rings. The summed E-state index contributed by atoms with van der Waals surface area (Å²) >= 11 is 0. The zero-order chi connectivity index (χ0) is 14.0. The van der Waals surface area contributed by atoms with E-state index in [-0.39, 0.29) is 11.9 Å². The average Bonchev–Trinajstić information content (AvgIpc) is 2.33. The smallest absolute Gasteiger partial charge is 0.222 e. The van der Waals surface area contributed by atoms with Gasteiger partial charge in [-0.25, -0.2) is 0 Å². The summed E-state index contributed by atoms with van der Waals surface area (Å²) in [5.41, 5.74) is 1.96. The van der Waals surface area contributed by atoms with Crippen molar-refractivity contribution >= 4 is 5.91 Å². The quantitative estimate of drug-likeness (QED) is 0.875. The van der Waals surface area contributed by atoms with E-state index in [1.54, 1.807) is 11.0 Å². The van der Waals surface area contributed by atoms with Crippen molar-refractivity contribution in [2.45, 2.75) is 38.8 Å². The number of carbonyl (C=O) groups is 1. The molecule has 2 N–H and O–H groups in total. The highest BCUT2D eigenvalue weighted by Crippen LogP contribution is 2.26. The Kier molecular flexibility index (Phi) is 4.10. The molecule has 2 unspecified atom stereocenters. The molecular weight excluding hydrogens is 240 g/mol. The number of nitrogens with zero attached hydrogens (tertiary/aromatic N) is 1. The Morgan fingerprint density at radius 1 is 1.47 bits per heavy atom. The standard InChI is InChI=1S/C15H22N2O2/c1-10-4-6-13(14(18)8-10)11(2)16-12-5-7-15(19)17(3)9-12/h4,6,8,11-12,16,18H,5,7,9H2,1-3H3. The number of hydrogen-bond acceptors (Lipinski definition) is 3. The maximum Gasteiger partial charge on any atom is 0.222 e. The Bertz CT molecular complexity index is 473. The number of carbonyl (C=O) groups excluding carboxylic acids is 1. The molecule has 1 aliphatic heterocycles. The molecule has 1 aromatic rings. The van der Waals surface area contributed by atoms with Gasteiger partial charge in [0.2, 0.25) is 5.91 Å². The van der Waals surface area contributed by atoms with Crippen LogP contribution in [0.5, 0.6) is 5.75 Å². The number of rotatable bonds is 3. The number of amides is 1. The Morgan fingerprint density at radius 2 is 2.21 bits per heavy atom. The van der Waals surface area contributed by atoms with E-state index in [0.29, 0.717) is 18.2 Å². The highest BCUT2D eigenvalue weighted by atomic mass is 16.3. The second kappa shape index (κ2) is 5.61. The minimum absolute atomic E-state index is 0.0761. The highest BCUT2D eigenvalue weighted by molar-refractivity contribution is 5.76. The minimum atomic E-state index is 0.0761. The van der Waals surface area contributed by atoms with Crippen LogP contribution in [-0.4, -0.2) is 35.5 Å². The molecule has 4 heteroatoms. The van der Waals surface area contributed by atoms with E-state index in [4.69, 9.17) is 0 Å². The predicted octanol–water partition coefficient (Wildman–Crippen LogP) is 1.97.